The first-order valence-electron chi connectivity index (χ1n) is 5.22. The number of hydrogen-bond donors (Lipinski definition) is 1. The molecule has 1 aliphatic carbocycles. The molecule has 0 aromatic rings. The lowest BCUT2D eigenvalue weighted by Crippen LogP contribution is -2.38. The summed E-state index contributed by atoms with van der Waals surface area (Å²) in [5.41, 5.74) is 0. The summed E-state index contributed by atoms with van der Waals surface area (Å²) in [6, 6.07) is 0. The van der Waals surface area contributed by atoms with Crippen LogP contribution in [-0.2, 0) is 4.74 Å². The zero-order valence-electron chi connectivity index (χ0n) is 8.79. The molecular formula is C10H20ClNO2. The highest BCUT2D eigenvalue weighted by Gasteiger charge is 2.27. The lowest BCUT2D eigenvalue weighted by atomic mass is 9.82. The van der Waals surface area contributed by atoms with E-state index in [1.54, 1.807) is 0 Å². The van der Waals surface area contributed by atoms with Crippen LogP contribution in [0.3, 0.4) is 0 Å². The number of alkyl halides is 1. The minimum Gasteiger partial charge on any atom is -0.393 e. The van der Waals surface area contributed by atoms with Crippen molar-refractivity contribution in [3.8, 4) is 0 Å². The Morgan fingerprint density at radius 3 is 2.71 bits per heavy atom. The van der Waals surface area contributed by atoms with Gasteiger partial charge in [0.15, 0.2) is 0 Å². The number of ether oxygens (including phenoxy) is 1. The van der Waals surface area contributed by atoms with Gasteiger partial charge in [-0.15, -0.1) is 11.6 Å². The van der Waals surface area contributed by atoms with Gasteiger partial charge in [0.1, 0.15) is 0 Å². The molecular weight excluding hydrogens is 202 g/mol. The first-order chi connectivity index (χ1) is 6.72. The van der Waals surface area contributed by atoms with Crippen molar-refractivity contribution in [2.75, 3.05) is 39.2 Å². The third-order valence-corrected chi connectivity index (χ3v) is 2.77. The molecule has 1 N–H and O–H groups in total. The second kappa shape index (κ2) is 6.62. The van der Waals surface area contributed by atoms with Gasteiger partial charge in [-0.3, -0.25) is 0 Å². The molecule has 3 nitrogen and oxygen atoms in total. The van der Waals surface area contributed by atoms with Crippen LogP contribution in [0.2, 0.25) is 0 Å². The summed E-state index contributed by atoms with van der Waals surface area (Å²) in [6.07, 6.45) is 1.89. The zero-order chi connectivity index (χ0) is 10.4. The van der Waals surface area contributed by atoms with Crippen LogP contribution >= 0.6 is 11.6 Å². The lowest BCUT2D eigenvalue weighted by molar-refractivity contribution is 0.0238. The molecule has 0 saturated heterocycles. The summed E-state index contributed by atoms with van der Waals surface area (Å²) in [5.74, 6) is 1.25. The minimum absolute atomic E-state index is 0.0408. The van der Waals surface area contributed by atoms with E-state index in [2.05, 4.69) is 11.9 Å². The molecule has 1 rings (SSSR count). The summed E-state index contributed by atoms with van der Waals surface area (Å²) in [5, 5.41) is 9.12. The molecule has 4 heteroatoms. The predicted molar refractivity (Wildman–Crippen MR) is 57.8 cm³/mol. The molecule has 1 aliphatic rings. The summed E-state index contributed by atoms with van der Waals surface area (Å²) in [7, 11) is 2.09. The lowest BCUT2D eigenvalue weighted by Gasteiger charge is -2.34. The van der Waals surface area contributed by atoms with Crippen molar-refractivity contribution in [1.29, 1.82) is 0 Å². The van der Waals surface area contributed by atoms with Crippen molar-refractivity contribution < 1.29 is 9.84 Å². The van der Waals surface area contributed by atoms with Crippen molar-refractivity contribution in [1.82, 2.24) is 4.90 Å². The second-order valence-corrected chi connectivity index (χ2v) is 4.43. The molecule has 0 amide bonds. The number of halogens is 1. The number of aliphatic hydroxyl groups is 1. The fourth-order valence-corrected chi connectivity index (χ4v) is 1.87. The summed E-state index contributed by atoms with van der Waals surface area (Å²) in [6.45, 7) is 3.40. The first-order valence-corrected chi connectivity index (χ1v) is 5.76. The Morgan fingerprint density at radius 1 is 1.43 bits per heavy atom. The van der Waals surface area contributed by atoms with Gasteiger partial charge in [0.05, 0.1) is 19.3 Å². The van der Waals surface area contributed by atoms with E-state index in [9.17, 15) is 0 Å². The van der Waals surface area contributed by atoms with Crippen molar-refractivity contribution in [2.24, 2.45) is 5.92 Å². The van der Waals surface area contributed by atoms with Gasteiger partial charge in [0, 0.05) is 19.0 Å². The van der Waals surface area contributed by atoms with Gasteiger partial charge in [-0.1, -0.05) is 0 Å². The van der Waals surface area contributed by atoms with Gasteiger partial charge in [-0.05, 0) is 25.8 Å². The Morgan fingerprint density at radius 2 is 2.14 bits per heavy atom. The Labute approximate surface area is 91.0 Å². The highest BCUT2D eigenvalue weighted by atomic mass is 35.5. The number of nitrogens with zero attached hydrogens (tertiary/aromatic N) is 1. The van der Waals surface area contributed by atoms with Gasteiger partial charge in [0.25, 0.3) is 0 Å². The number of aliphatic hydroxyl groups excluding tert-OH is 1. The fourth-order valence-electron chi connectivity index (χ4n) is 1.76. The SMILES string of the molecule is CN(CCOCCCl)CC1CC(O)C1. The molecule has 0 bridgehead atoms. The van der Waals surface area contributed by atoms with Crippen LogP contribution in [0.15, 0.2) is 0 Å². The molecule has 0 aliphatic heterocycles. The average molecular weight is 222 g/mol. The molecule has 0 atom stereocenters. The maximum Gasteiger partial charge on any atom is 0.0602 e. The number of likely N-dealkylation sites (N-methyl/N-ethyl adjacent to an activating group) is 1. The van der Waals surface area contributed by atoms with Crippen LogP contribution in [0.4, 0.5) is 0 Å². The van der Waals surface area contributed by atoms with Crippen molar-refractivity contribution >= 4 is 11.6 Å². The third kappa shape index (κ3) is 4.60. The molecule has 0 unspecified atom stereocenters. The number of hydrogen-bond acceptors (Lipinski definition) is 3. The Bertz CT molecular complexity index is 151. The Kier molecular flexibility index (Phi) is 5.78. The summed E-state index contributed by atoms with van der Waals surface area (Å²) >= 11 is 5.48. The van der Waals surface area contributed by atoms with E-state index >= 15 is 0 Å². The molecule has 0 spiro atoms. The number of rotatable bonds is 7. The van der Waals surface area contributed by atoms with E-state index < -0.39 is 0 Å². The van der Waals surface area contributed by atoms with Crippen LogP contribution in [0.25, 0.3) is 0 Å². The van der Waals surface area contributed by atoms with Crippen LogP contribution in [0.5, 0.6) is 0 Å². The van der Waals surface area contributed by atoms with E-state index in [1.807, 2.05) is 0 Å². The molecule has 0 heterocycles. The van der Waals surface area contributed by atoms with E-state index in [-0.39, 0.29) is 6.10 Å². The maximum atomic E-state index is 9.12. The molecule has 84 valence electrons. The van der Waals surface area contributed by atoms with Gasteiger partial charge < -0.3 is 14.7 Å². The standard InChI is InChI=1S/C10H20ClNO2/c1-12(3-5-14-4-2-11)8-9-6-10(13)7-9/h9-10,13H,2-8H2,1H3. The van der Waals surface area contributed by atoms with Gasteiger partial charge >= 0.3 is 0 Å². The second-order valence-electron chi connectivity index (χ2n) is 4.05. The quantitative estimate of drug-likeness (QED) is 0.513. The molecule has 1 fully saturated rings. The van der Waals surface area contributed by atoms with Gasteiger partial charge in [-0.2, -0.15) is 0 Å². The minimum atomic E-state index is -0.0408. The van der Waals surface area contributed by atoms with Crippen molar-refractivity contribution in [3.05, 3.63) is 0 Å². The average Bonchev–Trinajstić information content (AvgIpc) is 2.10. The third-order valence-electron chi connectivity index (χ3n) is 2.62. The molecule has 1 saturated carbocycles. The Hall–Kier alpha value is 0.170. The molecule has 14 heavy (non-hydrogen) atoms. The largest absolute Gasteiger partial charge is 0.393 e. The van der Waals surface area contributed by atoms with Crippen LogP contribution in [0.1, 0.15) is 12.8 Å². The van der Waals surface area contributed by atoms with Crippen molar-refractivity contribution in [2.45, 2.75) is 18.9 Å². The molecule has 0 radical (unpaired) electrons. The first kappa shape index (κ1) is 12.2. The monoisotopic (exact) mass is 221 g/mol. The van der Waals surface area contributed by atoms with Crippen LogP contribution < -0.4 is 0 Å². The van der Waals surface area contributed by atoms with Gasteiger partial charge in [0.2, 0.25) is 0 Å². The zero-order valence-corrected chi connectivity index (χ0v) is 9.54. The predicted octanol–water partition coefficient (Wildman–Crippen LogP) is 0.944. The van der Waals surface area contributed by atoms with Crippen LogP contribution in [0, 0.1) is 5.92 Å². The highest BCUT2D eigenvalue weighted by Crippen LogP contribution is 2.27. The molecule has 0 aromatic carbocycles. The summed E-state index contributed by atoms with van der Waals surface area (Å²) in [4.78, 5) is 2.25. The smallest absolute Gasteiger partial charge is 0.0602 e. The Balaban J connectivity index is 1.91. The topological polar surface area (TPSA) is 32.7 Å². The normalized spacial score (nSPS) is 26.6. The van der Waals surface area contributed by atoms with E-state index in [0.29, 0.717) is 18.4 Å². The maximum absolute atomic E-state index is 9.12. The van der Waals surface area contributed by atoms with Gasteiger partial charge in [-0.25, -0.2) is 0 Å². The molecule has 0 aromatic heterocycles. The van der Waals surface area contributed by atoms with Crippen LogP contribution in [-0.4, -0.2) is 55.3 Å². The summed E-state index contributed by atoms with van der Waals surface area (Å²) < 4.78 is 5.28. The fraction of sp³-hybridized carbons (Fsp3) is 1.00. The van der Waals surface area contributed by atoms with E-state index in [0.717, 1.165) is 32.5 Å². The highest BCUT2D eigenvalue weighted by molar-refractivity contribution is 6.17. The van der Waals surface area contributed by atoms with E-state index in [4.69, 9.17) is 21.4 Å². The van der Waals surface area contributed by atoms with E-state index in [1.165, 1.54) is 0 Å². The van der Waals surface area contributed by atoms with Crippen molar-refractivity contribution in [3.63, 3.8) is 0 Å².